The van der Waals surface area contributed by atoms with E-state index >= 15 is 0 Å². The minimum absolute atomic E-state index is 0.349. The predicted molar refractivity (Wildman–Crippen MR) is 53.5 cm³/mol. The Labute approximate surface area is 83.8 Å². The van der Waals surface area contributed by atoms with Crippen molar-refractivity contribution in [1.82, 2.24) is 10.3 Å². The van der Waals surface area contributed by atoms with E-state index in [9.17, 15) is 0 Å². The highest BCUT2D eigenvalue weighted by Crippen LogP contribution is 2.24. The van der Waals surface area contributed by atoms with Gasteiger partial charge in [0.05, 0.1) is 5.56 Å². The van der Waals surface area contributed by atoms with Crippen LogP contribution in [-0.4, -0.2) is 11.5 Å². The van der Waals surface area contributed by atoms with Crippen LogP contribution < -0.4 is 5.32 Å². The normalized spacial score (nSPS) is 21.5. The van der Waals surface area contributed by atoms with Gasteiger partial charge in [-0.2, -0.15) is 5.26 Å². The summed E-state index contributed by atoms with van der Waals surface area (Å²) in [7, 11) is 0. The number of nitrogens with one attached hydrogen (secondary N) is 1. The average molecular weight is 187 g/mol. The predicted octanol–water partition coefficient (Wildman–Crippen LogP) is 1.77. The largest absolute Gasteiger partial charge is 0.310 e. The molecule has 14 heavy (non-hydrogen) atoms. The maximum Gasteiger partial charge on any atom is 0.101 e. The Morgan fingerprint density at radius 2 is 2.43 bits per heavy atom. The van der Waals surface area contributed by atoms with Gasteiger partial charge in [0.25, 0.3) is 0 Å². The highest BCUT2D eigenvalue weighted by Gasteiger charge is 2.17. The second-order valence-electron chi connectivity index (χ2n) is 3.58. The lowest BCUT2D eigenvalue weighted by Crippen LogP contribution is -2.27. The van der Waals surface area contributed by atoms with E-state index in [1.165, 1.54) is 12.8 Å². The molecule has 0 unspecified atom stereocenters. The van der Waals surface area contributed by atoms with E-state index in [-0.39, 0.29) is 0 Å². The number of nitrogens with zero attached hydrogens (tertiary/aromatic N) is 2. The maximum absolute atomic E-state index is 8.93. The molecule has 0 bridgehead atoms. The molecule has 1 N–H and O–H groups in total. The highest BCUT2D eigenvalue weighted by molar-refractivity contribution is 5.37. The van der Waals surface area contributed by atoms with Gasteiger partial charge in [0.1, 0.15) is 6.07 Å². The van der Waals surface area contributed by atoms with Gasteiger partial charge in [-0.15, -0.1) is 0 Å². The average Bonchev–Trinajstić information content (AvgIpc) is 2.30. The molecule has 1 aromatic heterocycles. The van der Waals surface area contributed by atoms with Gasteiger partial charge in [0, 0.05) is 18.4 Å². The van der Waals surface area contributed by atoms with Crippen molar-refractivity contribution in [2.45, 2.75) is 25.3 Å². The number of hydrogen-bond acceptors (Lipinski definition) is 3. The minimum Gasteiger partial charge on any atom is -0.310 e. The summed E-state index contributed by atoms with van der Waals surface area (Å²) in [6.45, 7) is 1.05. The molecule has 1 aliphatic rings. The van der Waals surface area contributed by atoms with Gasteiger partial charge in [0.15, 0.2) is 0 Å². The van der Waals surface area contributed by atoms with Crippen LogP contribution in [0.15, 0.2) is 18.5 Å². The first-order chi connectivity index (χ1) is 6.92. The van der Waals surface area contributed by atoms with Crippen LogP contribution in [0.2, 0.25) is 0 Å². The van der Waals surface area contributed by atoms with E-state index in [0.717, 1.165) is 18.5 Å². The summed E-state index contributed by atoms with van der Waals surface area (Å²) >= 11 is 0. The van der Waals surface area contributed by atoms with Crippen molar-refractivity contribution in [3.63, 3.8) is 0 Å². The Balaban J connectivity index is 2.26. The van der Waals surface area contributed by atoms with Crippen molar-refractivity contribution in [1.29, 1.82) is 5.26 Å². The van der Waals surface area contributed by atoms with E-state index in [1.807, 2.05) is 6.07 Å². The molecule has 1 atom stereocenters. The number of rotatable bonds is 1. The Morgan fingerprint density at radius 3 is 3.14 bits per heavy atom. The lowest BCUT2D eigenvalue weighted by molar-refractivity contribution is 0.411. The molecule has 0 aliphatic carbocycles. The third-order valence-corrected chi connectivity index (χ3v) is 2.66. The first-order valence-corrected chi connectivity index (χ1v) is 4.99. The molecule has 1 fully saturated rings. The molecule has 3 nitrogen and oxygen atoms in total. The number of hydrogen-bond donors (Lipinski definition) is 1. The summed E-state index contributed by atoms with van der Waals surface area (Å²) in [5.41, 5.74) is 1.80. The van der Waals surface area contributed by atoms with Crippen molar-refractivity contribution in [3.8, 4) is 6.07 Å². The van der Waals surface area contributed by atoms with E-state index < -0.39 is 0 Å². The van der Waals surface area contributed by atoms with Crippen LogP contribution >= 0.6 is 0 Å². The third kappa shape index (κ3) is 1.75. The van der Waals surface area contributed by atoms with Crippen molar-refractivity contribution in [2.24, 2.45) is 0 Å². The number of pyridine rings is 1. The van der Waals surface area contributed by atoms with Gasteiger partial charge in [-0.3, -0.25) is 4.98 Å². The number of aromatic nitrogens is 1. The van der Waals surface area contributed by atoms with Gasteiger partial charge in [-0.1, -0.05) is 6.42 Å². The first kappa shape index (κ1) is 9.17. The van der Waals surface area contributed by atoms with Crippen LogP contribution in [-0.2, 0) is 0 Å². The van der Waals surface area contributed by atoms with Crippen LogP contribution in [0.4, 0.5) is 0 Å². The molecular weight excluding hydrogens is 174 g/mol. The summed E-state index contributed by atoms with van der Waals surface area (Å²) in [6, 6.07) is 4.48. The topological polar surface area (TPSA) is 48.7 Å². The number of nitriles is 1. The zero-order chi connectivity index (χ0) is 9.80. The first-order valence-electron chi connectivity index (χ1n) is 4.99. The lowest BCUT2D eigenvalue weighted by Gasteiger charge is -2.24. The van der Waals surface area contributed by atoms with Gasteiger partial charge < -0.3 is 5.32 Å². The molecule has 1 aromatic rings. The van der Waals surface area contributed by atoms with Crippen molar-refractivity contribution in [2.75, 3.05) is 6.54 Å². The Morgan fingerprint density at radius 1 is 1.50 bits per heavy atom. The van der Waals surface area contributed by atoms with Crippen LogP contribution in [0, 0.1) is 11.3 Å². The molecule has 72 valence electrons. The molecule has 0 radical (unpaired) electrons. The van der Waals surface area contributed by atoms with Crippen LogP contribution in [0.25, 0.3) is 0 Å². The van der Waals surface area contributed by atoms with Gasteiger partial charge >= 0.3 is 0 Å². The second kappa shape index (κ2) is 4.21. The summed E-state index contributed by atoms with van der Waals surface area (Å²) in [4.78, 5) is 3.96. The van der Waals surface area contributed by atoms with Gasteiger partial charge in [-0.25, -0.2) is 0 Å². The van der Waals surface area contributed by atoms with E-state index in [1.54, 1.807) is 12.4 Å². The van der Waals surface area contributed by atoms with Crippen LogP contribution in [0.1, 0.15) is 36.4 Å². The van der Waals surface area contributed by atoms with E-state index in [2.05, 4.69) is 16.4 Å². The van der Waals surface area contributed by atoms with Crippen LogP contribution in [0.3, 0.4) is 0 Å². The molecule has 2 heterocycles. The fourth-order valence-electron chi connectivity index (χ4n) is 1.92. The Hall–Kier alpha value is -1.40. The van der Waals surface area contributed by atoms with Crippen LogP contribution in [0.5, 0.6) is 0 Å². The zero-order valence-electron chi connectivity index (χ0n) is 8.03. The van der Waals surface area contributed by atoms with Gasteiger partial charge in [0.2, 0.25) is 0 Å². The lowest BCUT2D eigenvalue weighted by atomic mass is 9.95. The molecule has 0 aromatic carbocycles. The van der Waals surface area contributed by atoms with Crippen molar-refractivity contribution < 1.29 is 0 Å². The highest BCUT2D eigenvalue weighted by atomic mass is 14.9. The molecular formula is C11H13N3. The monoisotopic (exact) mass is 187 g/mol. The Bertz CT molecular complexity index is 348. The number of piperidine rings is 1. The second-order valence-corrected chi connectivity index (χ2v) is 3.58. The molecule has 0 spiro atoms. The smallest absolute Gasteiger partial charge is 0.101 e. The van der Waals surface area contributed by atoms with Crippen molar-refractivity contribution >= 4 is 0 Å². The summed E-state index contributed by atoms with van der Waals surface area (Å²) in [6.07, 6.45) is 7.01. The maximum atomic E-state index is 8.93. The molecule has 1 aliphatic heterocycles. The molecule has 0 amide bonds. The van der Waals surface area contributed by atoms with Gasteiger partial charge in [-0.05, 0) is 31.0 Å². The molecule has 1 saturated heterocycles. The third-order valence-electron chi connectivity index (χ3n) is 2.66. The molecule has 2 rings (SSSR count). The standard InChI is InChI=1S/C11H13N3/c12-7-9-8-13-6-4-10(9)11-3-1-2-5-14-11/h4,6,8,11,14H,1-3,5H2/t11-/m0/s1. The van der Waals surface area contributed by atoms with E-state index in [0.29, 0.717) is 11.6 Å². The fourth-order valence-corrected chi connectivity index (χ4v) is 1.92. The zero-order valence-corrected chi connectivity index (χ0v) is 8.03. The quantitative estimate of drug-likeness (QED) is 0.728. The summed E-state index contributed by atoms with van der Waals surface area (Å²) in [5, 5.41) is 12.4. The minimum atomic E-state index is 0.349. The SMILES string of the molecule is N#Cc1cnccc1[C@@H]1CCCCN1. The molecule has 3 heteroatoms. The summed E-state index contributed by atoms with van der Waals surface area (Å²) < 4.78 is 0. The Kier molecular flexibility index (Phi) is 2.76. The van der Waals surface area contributed by atoms with Crippen molar-refractivity contribution in [3.05, 3.63) is 29.6 Å². The summed E-state index contributed by atoms with van der Waals surface area (Å²) in [5.74, 6) is 0. The molecule has 0 saturated carbocycles. The van der Waals surface area contributed by atoms with E-state index in [4.69, 9.17) is 5.26 Å². The fraction of sp³-hybridized carbons (Fsp3) is 0.455.